The van der Waals surface area contributed by atoms with Crippen LogP contribution in [0.4, 0.5) is 10.1 Å². The van der Waals surface area contributed by atoms with Gasteiger partial charge in [0.2, 0.25) is 5.91 Å². The molecule has 0 radical (unpaired) electrons. The van der Waals surface area contributed by atoms with Crippen LogP contribution in [-0.4, -0.2) is 12.5 Å². The van der Waals surface area contributed by atoms with Gasteiger partial charge in [0.1, 0.15) is 5.82 Å². The third-order valence-corrected chi connectivity index (χ3v) is 4.64. The predicted molar refractivity (Wildman–Crippen MR) is 90.6 cm³/mol. The second kappa shape index (κ2) is 6.30. The molecule has 1 amide bonds. The van der Waals surface area contributed by atoms with E-state index in [2.05, 4.69) is 10.6 Å². The first-order valence-electron chi connectivity index (χ1n) is 7.63. The van der Waals surface area contributed by atoms with Crippen molar-refractivity contribution in [2.45, 2.75) is 25.3 Å². The molecule has 1 aliphatic heterocycles. The van der Waals surface area contributed by atoms with Gasteiger partial charge in [0.25, 0.3) is 0 Å². The minimum atomic E-state index is -0.278. The Morgan fingerprint density at radius 3 is 2.83 bits per heavy atom. The molecular weight excluding hydrogens is 315 g/mol. The molecule has 120 valence electrons. The van der Waals surface area contributed by atoms with Gasteiger partial charge in [-0.2, -0.15) is 0 Å². The lowest BCUT2D eigenvalue weighted by molar-refractivity contribution is -0.118. The zero-order chi connectivity index (χ0) is 15.1. The Morgan fingerprint density at radius 2 is 2.00 bits per heavy atom. The van der Waals surface area contributed by atoms with Crippen LogP contribution in [0.1, 0.15) is 28.2 Å². The first-order valence-corrected chi connectivity index (χ1v) is 7.63. The van der Waals surface area contributed by atoms with Crippen LogP contribution in [0.15, 0.2) is 36.4 Å². The van der Waals surface area contributed by atoms with E-state index < -0.39 is 0 Å². The van der Waals surface area contributed by atoms with Crippen LogP contribution in [0.3, 0.4) is 0 Å². The third-order valence-electron chi connectivity index (χ3n) is 4.64. The highest BCUT2D eigenvalue weighted by Gasteiger charge is 2.32. The van der Waals surface area contributed by atoms with E-state index in [-0.39, 0.29) is 30.0 Å². The van der Waals surface area contributed by atoms with E-state index in [1.807, 2.05) is 30.3 Å². The molecule has 2 N–H and O–H groups in total. The standard InChI is InChI=1S/C18H17FN2O.ClH/c19-17-14-7-8-20-10-12(14)5-6-16(17)21-18(22)15-9-11-3-1-2-4-13(11)15;/h1-6,15,20H,7-10H2,(H,21,22);1H. The predicted octanol–water partition coefficient (Wildman–Crippen LogP) is 3.17. The molecule has 0 saturated heterocycles. The van der Waals surface area contributed by atoms with E-state index in [9.17, 15) is 9.18 Å². The number of anilines is 1. The van der Waals surface area contributed by atoms with Crippen molar-refractivity contribution in [3.8, 4) is 0 Å². The van der Waals surface area contributed by atoms with Gasteiger partial charge in [-0.05, 0) is 47.7 Å². The topological polar surface area (TPSA) is 41.1 Å². The number of carbonyl (C=O) groups excluding carboxylic acids is 1. The summed E-state index contributed by atoms with van der Waals surface area (Å²) in [6.45, 7) is 1.47. The zero-order valence-corrected chi connectivity index (χ0v) is 13.4. The fourth-order valence-electron chi connectivity index (χ4n) is 3.34. The SMILES string of the molecule is Cl.O=C(Nc1ccc2c(c1F)CCNC2)C1Cc2ccccc21. The van der Waals surface area contributed by atoms with Crippen molar-refractivity contribution in [2.24, 2.45) is 0 Å². The summed E-state index contributed by atoms with van der Waals surface area (Å²) in [5.74, 6) is -0.556. The molecule has 0 aromatic heterocycles. The van der Waals surface area contributed by atoms with Gasteiger partial charge in [-0.25, -0.2) is 4.39 Å². The van der Waals surface area contributed by atoms with Crippen molar-refractivity contribution in [3.63, 3.8) is 0 Å². The number of fused-ring (bicyclic) bond motifs is 2. The Kier molecular flexibility index (Phi) is 4.37. The number of hydrogen-bond donors (Lipinski definition) is 2. The largest absolute Gasteiger partial charge is 0.323 e. The van der Waals surface area contributed by atoms with Gasteiger partial charge in [-0.15, -0.1) is 12.4 Å². The summed E-state index contributed by atoms with van der Waals surface area (Å²) < 4.78 is 14.6. The van der Waals surface area contributed by atoms with Crippen molar-refractivity contribution in [2.75, 3.05) is 11.9 Å². The molecule has 2 aromatic carbocycles. The molecule has 2 aliphatic rings. The minimum Gasteiger partial charge on any atom is -0.323 e. The number of carbonyl (C=O) groups is 1. The summed E-state index contributed by atoms with van der Waals surface area (Å²) in [5, 5.41) is 5.99. The number of rotatable bonds is 2. The van der Waals surface area contributed by atoms with E-state index in [0.29, 0.717) is 18.7 Å². The van der Waals surface area contributed by atoms with Crippen LogP contribution in [0.5, 0.6) is 0 Å². The van der Waals surface area contributed by atoms with E-state index in [4.69, 9.17) is 0 Å². The summed E-state index contributed by atoms with van der Waals surface area (Å²) in [6, 6.07) is 11.5. The molecule has 23 heavy (non-hydrogen) atoms. The summed E-state index contributed by atoms with van der Waals surface area (Å²) in [5.41, 5.74) is 4.28. The van der Waals surface area contributed by atoms with Gasteiger partial charge in [-0.1, -0.05) is 30.3 Å². The Morgan fingerprint density at radius 1 is 1.17 bits per heavy atom. The molecule has 1 unspecified atom stereocenters. The second-order valence-electron chi connectivity index (χ2n) is 5.94. The summed E-state index contributed by atoms with van der Waals surface area (Å²) in [4.78, 5) is 12.4. The molecule has 0 fully saturated rings. The van der Waals surface area contributed by atoms with Gasteiger partial charge in [0.05, 0.1) is 11.6 Å². The highest BCUT2D eigenvalue weighted by Crippen LogP contribution is 2.36. The third kappa shape index (κ3) is 2.73. The lowest BCUT2D eigenvalue weighted by Crippen LogP contribution is -2.31. The molecule has 2 aromatic rings. The van der Waals surface area contributed by atoms with Crippen LogP contribution in [0.2, 0.25) is 0 Å². The van der Waals surface area contributed by atoms with Crippen molar-refractivity contribution in [1.29, 1.82) is 0 Å². The second-order valence-corrected chi connectivity index (χ2v) is 5.94. The number of benzene rings is 2. The quantitative estimate of drug-likeness (QED) is 0.887. The Balaban J connectivity index is 0.00000156. The molecule has 1 atom stereocenters. The minimum absolute atomic E-state index is 0. The monoisotopic (exact) mass is 332 g/mol. The fourth-order valence-corrected chi connectivity index (χ4v) is 3.34. The van der Waals surface area contributed by atoms with Crippen molar-refractivity contribution in [3.05, 3.63) is 64.5 Å². The molecule has 0 spiro atoms. The molecule has 1 aliphatic carbocycles. The van der Waals surface area contributed by atoms with Crippen LogP contribution in [-0.2, 0) is 24.2 Å². The summed E-state index contributed by atoms with van der Waals surface area (Å²) >= 11 is 0. The molecule has 5 heteroatoms. The van der Waals surface area contributed by atoms with E-state index in [0.717, 1.165) is 29.7 Å². The van der Waals surface area contributed by atoms with Crippen LogP contribution in [0.25, 0.3) is 0 Å². The maximum atomic E-state index is 14.6. The van der Waals surface area contributed by atoms with Crippen molar-refractivity contribution >= 4 is 24.0 Å². The molecule has 4 rings (SSSR count). The number of amides is 1. The molecular formula is C18H18ClFN2O. The van der Waals surface area contributed by atoms with E-state index in [1.165, 1.54) is 5.56 Å². The van der Waals surface area contributed by atoms with E-state index in [1.54, 1.807) is 6.07 Å². The summed E-state index contributed by atoms with van der Waals surface area (Å²) in [6.07, 6.45) is 1.40. The molecule has 0 bridgehead atoms. The lowest BCUT2D eigenvalue weighted by Gasteiger charge is -2.29. The number of halogens is 2. The average molecular weight is 333 g/mol. The van der Waals surface area contributed by atoms with Gasteiger partial charge >= 0.3 is 0 Å². The Labute approximate surface area is 140 Å². The highest BCUT2D eigenvalue weighted by molar-refractivity contribution is 5.98. The van der Waals surface area contributed by atoms with Gasteiger partial charge in [0.15, 0.2) is 0 Å². The average Bonchev–Trinajstić information content (AvgIpc) is 2.52. The van der Waals surface area contributed by atoms with E-state index >= 15 is 0 Å². The first-order chi connectivity index (χ1) is 10.7. The zero-order valence-electron chi connectivity index (χ0n) is 12.6. The maximum absolute atomic E-state index is 14.6. The van der Waals surface area contributed by atoms with Crippen molar-refractivity contribution < 1.29 is 9.18 Å². The van der Waals surface area contributed by atoms with Gasteiger partial charge in [0, 0.05) is 6.54 Å². The smallest absolute Gasteiger partial charge is 0.232 e. The molecule has 1 heterocycles. The van der Waals surface area contributed by atoms with Gasteiger partial charge in [-0.3, -0.25) is 4.79 Å². The normalized spacial score (nSPS) is 18.0. The van der Waals surface area contributed by atoms with Crippen molar-refractivity contribution in [1.82, 2.24) is 5.32 Å². The summed E-state index contributed by atoms with van der Waals surface area (Å²) in [7, 11) is 0. The lowest BCUT2D eigenvalue weighted by atomic mass is 9.77. The molecule has 3 nitrogen and oxygen atoms in total. The Bertz CT molecular complexity index is 763. The number of hydrogen-bond acceptors (Lipinski definition) is 2. The first kappa shape index (κ1) is 16.0. The number of nitrogens with one attached hydrogen (secondary N) is 2. The fraction of sp³-hybridized carbons (Fsp3) is 0.278. The van der Waals surface area contributed by atoms with Crippen LogP contribution < -0.4 is 10.6 Å². The van der Waals surface area contributed by atoms with Crippen LogP contribution >= 0.6 is 12.4 Å². The Hall–Kier alpha value is -1.91. The van der Waals surface area contributed by atoms with Crippen LogP contribution in [0, 0.1) is 5.82 Å². The highest BCUT2D eigenvalue weighted by atomic mass is 35.5. The van der Waals surface area contributed by atoms with Gasteiger partial charge < -0.3 is 10.6 Å². The maximum Gasteiger partial charge on any atom is 0.232 e. The molecule has 0 saturated carbocycles.